The van der Waals surface area contributed by atoms with Crippen LogP contribution in [0.2, 0.25) is 0 Å². The molecule has 0 atom stereocenters. The maximum absolute atomic E-state index is 10.3. The summed E-state index contributed by atoms with van der Waals surface area (Å²) in [5.41, 5.74) is 0. The highest BCUT2D eigenvalue weighted by atomic mass is 35.5. The van der Waals surface area contributed by atoms with Gasteiger partial charge in [-0.25, -0.2) is 14.9 Å². The number of aromatic amines is 1. The van der Waals surface area contributed by atoms with Crippen LogP contribution in [0.25, 0.3) is 0 Å². The van der Waals surface area contributed by atoms with Crippen molar-refractivity contribution in [2.75, 3.05) is 0 Å². The summed E-state index contributed by atoms with van der Waals surface area (Å²) in [5, 5.41) is 13.7. The SMILES string of the molecule is O=C(O)C(Cl)=C(Cl)C=Nc1ncn[nH]1. The zero-order chi connectivity index (χ0) is 10.6. The van der Waals surface area contributed by atoms with Crippen molar-refractivity contribution in [3.8, 4) is 0 Å². The normalized spacial score (nSPS) is 13.0. The van der Waals surface area contributed by atoms with E-state index in [0.29, 0.717) is 0 Å². The van der Waals surface area contributed by atoms with Crippen LogP contribution in [0.15, 0.2) is 21.4 Å². The Bertz CT molecular complexity index is 385. The lowest BCUT2D eigenvalue weighted by atomic mass is 10.5. The summed E-state index contributed by atoms with van der Waals surface area (Å²) in [6.45, 7) is 0. The zero-order valence-corrected chi connectivity index (χ0v) is 8.12. The maximum atomic E-state index is 10.3. The molecule has 0 saturated carbocycles. The standard InChI is InChI=1S/C6H4Cl2N4O2/c7-3(4(8)5(13)14)1-9-6-10-2-11-12-6/h1-2H,(H,13,14)(H,10,11,12). The molecule has 0 saturated heterocycles. The van der Waals surface area contributed by atoms with Crippen LogP contribution in [0.1, 0.15) is 0 Å². The van der Waals surface area contributed by atoms with E-state index < -0.39 is 11.0 Å². The highest BCUT2D eigenvalue weighted by Crippen LogP contribution is 2.12. The average molecular weight is 235 g/mol. The molecule has 0 bridgehead atoms. The van der Waals surface area contributed by atoms with Gasteiger partial charge in [-0.3, -0.25) is 0 Å². The van der Waals surface area contributed by atoms with E-state index in [1.807, 2.05) is 0 Å². The third-order valence-electron chi connectivity index (χ3n) is 1.10. The summed E-state index contributed by atoms with van der Waals surface area (Å²) in [7, 11) is 0. The fourth-order valence-corrected chi connectivity index (χ4v) is 0.716. The van der Waals surface area contributed by atoms with E-state index in [1.165, 1.54) is 6.33 Å². The summed E-state index contributed by atoms with van der Waals surface area (Å²) in [6, 6.07) is 0. The monoisotopic (exact) mass is 234 g/mol. The first-order chi connectivity index (χ1) is 6.61. The van der Waals surface area contributed by atoms with Crippen molar-refractivity contribution < 1.29 is 9.90 Å². The van der Waals surface area contributed by atoms with E-state index in [1.54, 1.807) is 0 Å². The van der Waals surface area contributed by atoms with Crippen LogP contribution in [0.4, 0.5) is 5.95 Å². The number of hydrogen-bond acceptors (Lipinski definition) is 4. The van der Waals surface area contributed by atoms with E-state index in [9.17, 15) is 4.79 Å². The Morgan fingerprint density at radius 3 is 2.86 bits per heavy atom. The van der Waals surface area contributed by atoms with E-state index >= 15 is 0 Å². The van der Waals surface area contributed by atoms with Gasteiger partial charge in [-0.1, -0.05) is 23.2 Å². The molecular formula is C6H4Cl2N4O2. The van der Waals surface area contributed by atoms with Gasteiger partial charge in [0.2, 0.25) is 5.95 Å². The Hall–Kier alpha value is -1.40. The Labute approximate surface area is 88.3 Å². The molecule has 0 fully saturated rings. The summed E-state index contributed by atoms with van der Waals surface area (Å²) in [4.78, 5) is 17.7. The molecule has 0 spiro atoms. The van der Waals surface area contributed by atoms with Crippen molar-refractivity contribution in [1.82, 2.24) is 15.2 Å². The summed E-state index contributed by atoms with van der Waals surface area (Å²) in [5.74, 6) is -1.11. The molecule has 0 aliphatic heterocycles. The summed E-state index contributed by atoms with van der Waals surface area (Å²) in [6.07, 6.45) is 2.32. The molecular weight excluding hydrogens is 231 g/mol. The Kier molecular flexibility index (Phi) is 3.61. The van der Waals surface area contributed by atoms with Crippen LogP contribution >= 0.6 is 23.2 Å². The summed E-state index contributed by atoms with van der Waals surface area (Å²) < 4.78 is 0. The van der Waals surface area contributed by atoms with Crippen LogP contribution in [0.5, 0.6) is 0 Å². The van der Waals surface area contributed by atoms with Crippen LogP contribution < -0.4 is 0 Å². The molecule has 14 heavy (non-hydrogen) atoms. The first kappa shape index (κ1) is 10.7. The highest BCUT2D eigenvalue weighted by Gasteiger charge is 2.07. The molecule has 0 radical (unpaired) electrons. The second-order valence-electron chi connectivity index (χ2n) is 2.03. The second-order valence-corrected chi connectivity index (χ2v) is 2.82. The van der Waals surface area contributed by atoms with Gasteiger partial charge >= 0.3 is 5.97 Å². The number of allylic oxidation sites excluding steroid dienone is 1. The Morgan fingerprint density at radius 1 is 1.64 bits per heavy atom. The van der Waals surface area contributed by atoms with Gasteiger partial charge in [0, 0.05) is 0 Å². The van der Waals surface area contributed by atoms with Gasteiger partial charge in [-0.2, -0.15) is 10.1 Å². The van der Waals surface area contributed by atoms with E-state index in [2.05, 4.69) is 20.2 Å². The summed E-state index contributed by atoms with van der Waals surface area (Å²) >= 11 is 10.8. The van der Waals surface area contributed by atoms with E-state index in [-0.39, 0.29) is 11.0 Å². The molecule has 1 aromatic rings. The third-order valence-corrected chi connectivity index (χ3v) is 1.85. The fraction of sp³-hybridized carbons (Fsp3) is 0. The number of aromatic nitrogens is 3. The molecule has 1 rings (SSSR count). The Morgan fingerprint density at radius 2 is 2.36 bits per heavy atom. The first-order valence-electron chi connectivity index (χ1n) is 3.29. The minimum atomic E-state index is -1.32. The van der Waals surface area contributed by atoms with Gasteiger partial charge in [0.1, 0.15) is 11.4 Å². The topological polar surface area (TPSA) is 91.2 Å². The lowest BCUT2D eigenvalue weighted by Gasteiger charge is -1.90. The quantitative estimate of drug-likeness (QED) is 0.609. The smallest absolute Gasteiger partial charge is 0.348 e. The number of carboxylic acid groups (broad SMARTS) is 1. The molecule has 1 aromatic heterocycles. The Balaban J connectivity index is 2.79. The fourth-order valence-electron chi connectivity index (χ4n) is 0.538. The third kappa shape index (κ3) is 2.82. The number of rotatable bonds is 3. The van der Waals surface area contributed by atoms with Crippen LogP contribution in [0.3, 0.4) is 0 Å². The number of carboxylic acids is 1. The molecule has 0 unspecified atom stereocenters. The maximum Gasteiger partial charge on any atom is 0.348 e. The molecule has 0 aliphatic rings. The van der Waals surface area contributed by atoms with Gasteiger partial charge in [-0.05, 0) is 0 Å². The van der Waals surface area contributed by atoms with E-state index in [0.717, 1.165) is 6.21 Å². The van der Waals surface area contributed by atoms with Gasteiger partial charge in [0.05, 0.1) is 11.2 Å². The minimum Gasteiger partial charge on any atom is -0.477 e. The molecule has 8 heteroatoms. The van der Waals surface area contributed by atoms with Gasteiger partial charge in [0.25, 0.3) is 0 Å². The van der Waals surface area contributed by atoms with Gasteiger partial charge in [0.15, 0.2) is 0 Å². The molecule has 0 aromatic carbocycles. The number of aliphatic carboxylic acids is 1. The van der Waals surface area contributed by atoms with Crippen molar-refractivity contribution in [3.05, 3.63) is 16.4 Å². The molecule has 1 heterocycles. The minimum absolute atomic E-state index is 0.185. The number of carbonyl (C=O) groups is 1. The zero-order valence-electron chi connectivity index (χ0n) is 6.61. The van der Waals surface area contributed by atoms with Crippen LogP contribution in [0, 0.1) is 0 Å². The number of hydrogen-bond donors (Lipinski definition) is 2. The number of H-pyrrole nitrogens is 1. The molecule has 2 N–H and O–H groups in total. The number of halogens is 2. The molecule has 0 amide bonds. The molecule has 74 valence electrons. The van der Waals surface area contributed by atoms with E-state index in [4.69, 9.17) is 28.3 Å². The predicted octanol–water partition coefficient (Wildman–Crippen LogP) is 1.28. The van der Waals surface area contributed by atoms with Crippen molar-refractivity contribution in [2.24, 2.45) is 4.99 Å². The van der Waals surface area contributed by atoms with Crippen LogP contribution in [-0.4, -0.2) is 32.5 Å². The largest absolute Gasteiger partial charge is 0.477 e. The second kappa shape index (κ2) is 4.73. The average Bonchev–Trinajstić information content (AvgIpc) is 2.65. The lowest BCUT2D eigenvalue weighted by Crippen LogP contribution is -1.96. The number of aliphatic imine (C=N–C) groups is 1. The van der Waals surface area contributed by atoms with Crippen molar-refractivity contribution >= 4 is 41.3 Å². The van der Waals surface area contributed by atoms with Crippen molar-refractivity contribution in [3.63, 3.8) is 0 Å². The molecule has 0 aliphatic carbocycles. The van der Waals surface area contributed by atoms with Gasteiger partial charge < -0.3 is 5.11 Å². The van der Waals surface area contributed by atoms with Gasteiger partial charge in [-0.15, -0.1) is 0 Å². The number of nitrogens with one attached hydrogen (secondary N) is 1. The molecule has 6 nitrogen and oxygen atoms in total. The van der Waals surface area contributed by atoms with Crippen LogP contribution in [-0.2, 0) is 4.79 Å². The highest BCUT2D eigenvalue weighted by molar-refractivity contribution is 6.51. The van der Waals surface area contributed by atoms with Crippen molar-refractivity contribution in [2.45, 2.75) is 0 Å². The van der Waals surface area contributed by atoms with Crippen molar-refractivity contribution in [1.29, 1.82) is 0 Å². The number of nitrogens with zero attached hydrogens (tertiary/aromatic N) is 3. The lowest BCUT2D eigenvalue weighted by molar-refractivity contribution is -0.131. The first-order valence-corrected chi connectivity index (χ1v) is 4.05. The predicted molar refractivity (Wildman–Crippen MR) is 50.9 cm³/mol.